The summed E-state index contributed by atoms with van der Waals surface area (Å²) in [5.41, 5.74) is 0. The number of allylic oxidation sites excluding steroid dienone is 17. The second-order valence-electron chi connectivity index (χ2n) is 23.0. The Morgan fingerprint density at radius 1 is 0.494 bits per heavy atom. The Morgan fingerprint density at radius 3 is 1.42 bits per heavy atom. The fourth-order valence-electron chi connectivity index (χ4n) is 10.0. The van der Waals surface area contributed by atoms with Gasteiger partial charge >= 0.3 is 5.97 Å². The van der Waals surface area contributed by atoms with Gasteiger partial charge in [-0.05, 0) is 77.0 Å². The van der Waals surface area contributed by atoms with E-state index in [4.69, 9.17) is 14.2 Å². The Bertz CT molecular complexity index is 1770. The Labute approximate surface area is 507 Å². The maximum Gasteiger partial charge on any atom is 0.306 e. The van der Waals surface area contributed by atoms with E-state index in [0.717, 1.165) is 70.6 Å². The molecule has 8 atom stereocenters. The highest BCUT2D eigenvalue weighted by Gasteiger charge is 2.47. The highest BCUT2D eigenvalue weighted by atomic mass is 16.7. The zero-order valence-corrected chi connectivity index (χ0v) is 52.8. The molecule has 8 unspecified atom stereocenters. The number of carbonyl (C=O) groups excluding carboxylic acids is 2. The number of unbranched alkanes of at least 4 members (excludes halogenated alkanes) is 31. The van der Waals surface area contributed by atoms with Crippen LogP contribution in [0.5, 0.6) is 0 Å². The van der Waals surface area contributed by atoms with Gasteiger partial charge in [0.25, 0.3) is 0 Å². The van der Waals surface area contributed by atoms with Gasteiger partial charge in [-0.3, -0.25) is 9.59 Å². The molecule has 1 aliphatic heterocycles. The average Bonchev–Trinajstić information content (AvgIpc) is 3.58. The molecule has 1 aliphatic rings. The molecule has 0 aromatic rings. The van der Waals surface area contributed by atoms with Gasteiger partial charge in [-0.15, -0.1) is 0 Å². The van der Waals surface area contributed by atoms with Crippen LogP contribution in [-0.4, -0.2) is 99.6 Å². The molecule has 6 N–H and O–H groups in total. The van der Waals surface area contributed by atoms with Crippen molar-refractivity contribution in [3.05, 3.63) is 109 Å². The van der Waals surface area contributed by atoms with Crippen LogP contribution in [0.15, 0.2) is 109 Å². The van der Waals surface area contributed by atoms with E-state index >= 15 is 0 Å². The summed E-state index contributed by atoms with van der Waals surface area (Å²) in [5.74, 6) is -1.24. The van der Waals surface area contributed by atoms with E-state index in [2.05, 4.69) is 62.5 Å². The SMILES string of the molecule is CC\C=C/C=C/C=C/C=C\C=C\C=C\CCCCCC(=O)OC1C(OCC(NC(=O)C(O)CCCCCCCCCCCCCCCC/C=C\C/C=C\CCCCC)C(O)/C=C/CCCCCCCCCCCCC)OC(CO)C(O)C1O. The number of nitrogens with one attached hydrogen (secondary N) is 1. The number of carbonyl (C=O) groups is 2. The molecule has 11 nitrogen and oxygen atoms in total. The van der Waals surface area contributed by atoms with E-state index in [0.29, 0.717) is 12.8 Å². The van der Waals surface area contributed by atoms with Crippen LogP contribution < -0.4 is 5.32 Å². The smallest absolute Gasteiger partial charge is 0.306 e. The second kappa shape index (κ2) is 58.7. The van der Waals surface area contributed by atoms with E-state index in [1.807, 2.05) is 66.8 Å². The average molecular weight is 1160 g/mol. The largest absolute Gasteiger partial charge is 0.454 e. The van der Waals surface area contributed by atoms with E-state index in [1.165, 1.54) is 154 Å². The van der Waals surface area contributed by atoms with Crippen molar-refractivity contribution in [3.63, 3.8) is 0 Å². The van der Waals surface area contributed by atoms with Crippen molar-refractivity contribution in [2.45, 2.75) is 320 Å². The van der Waals surface area contributed by atoms with Gasteiger partial charge in [0.1, 0.15) is 24.4 Å². The normalized spacial score (nSPS) is 19.3. The molecule has 0 bridgehead atoms. The van der Waals surface area contributed by atoms with Crippen LogP contribution in [0.25, 0.3) is 0 Å². The zero-order valence-electron chi connectivity index (χ0n) is 52.8. The number of rotatable bonds is 56. The van der Waals surface area contributed by atoms with Crippen LogP contribution >= 0.6 is 0 Å². The minimum absolute atomic E-state index is 0.0675. The van der Waals surface area contributed by atoms with Crippen molar-refractivity contribution in [3.8, 4) is 0 Å². The fourth-order valence-corrected chi connectivity index (χ4v) is 10.0. The summed E-state index contributed by atoms with van der Waals surface area (Å²) in [7, 11) is 0. The quantitative estimate of drug-likeness (QED) is 0.0149. The molecule has 1 heterocycles. The molecular weight excluding hydrogens is 1040 g/mol. The van der Waals surface area contributed by atoms with Gasteiger partial charge in [-0.1, -0.05) is 297 Å². The van der Waals surface area contributed by atoms with Crippen molar-refractivity contribution in [1.29, 1.82) is 0 Å². The first kappa shape index (κ1) is 77.3. The summed E-state index contributed by atoms with van der Waals surface area (Å²) in [6, 6.07) is -1.04. The molecule has 0 spiro atoms. The summed E-state index contributed by atoms with van der Waals surface area (Å²) >= 11 is 0. The van der Waals surface area contributed by atoms with E-state index in [-0.39, 0.29) is 19.4 Å². The van der Waals surface area contributed by atoms with Crippen LogP contribution in [0.4, 0.5) is 0 Å². The van der Waals surface area contributed by atoms with E-state index in [9.17, 15) is 35.1 Å². The van der Waals surface area contributed by atoms with Gasteiger partial charge in [0.2, 0.25) is 5.91 Å². The number of aliphatic hydroxyl groups excluding tert-OH is 5. The summed E-state index contributed by atoms with van der Waals surface area (Å²) in [6.07, 6.45) is 69.8. The van der Waals surface area contributed by atoms with Crippen LogP contribution in [0.2, 0.25) is 0 Å². The van der Waals surface area contributed by atoms with Crippen LogP contribution in [-0.2, 0) is 23.8 Å². The molecule has 1 saturated heterocycles. The summed E-state index contributed by atoms with van der Waals surface area (Å²) in [5, 5.41) is 57.1. The topological polar surface area (TPSA) is 175 Å². The van der Waals surface area contributed by atoms with Gasteiger partial charge in [0.15, 0.2) is 12.4 Å². The number of hydrogen-bond acceptors (Lipinski definition) is 10. The lowest BCUT2D eigenvalue weighted by Gasteiger charge is -2.41. The first-order valence-electron chi connectivity index (χ1n) is 33.7. The second-order valence-corrected chi connectivity index (χ2v) is 23.0. The van der Waals surface area contributed by atoms with Crippen molar-refractivity contribution >= 4 is 11.9 Å². The molecule has 83 heavy (non-hydrogen) atoms. The monoisotopic (exact) mass is 1160 g/mol. The molecule has 0 radical (unpaired) electrons. The molecule has 0 saturated carbocycles. The van der Waals surface area contributed by atoms with Gasteiger partial charge in [0, 0.05) is 6.42 Å². The minimum Gasteiger partial charge on any atom is -0.454 e. The number of amides is 1. The number of ether oxygens (including phenoxy) is 3. The van der Waals surface area contributed by atoms with Crippen LogP contribution in [0.3, 0.4) is 0 Å². The maximum absolute atomic E-state index is 13.5. The molecule has 11 heteroatoms. The molecule has 1 amide bonds. The molecule has 1 fully saturated rings. The fraction of sp³-hybridized carbons (Fsp3) is 0.722. The highest BCUT2D eigenvalue weighted by Crippen LogP contribution is 2.26. The van der Waals surface area contributed by atoms with Crippen LogP contribution in [0.1, 0.15) is 271 Å². The molecule has 0 aromatic heterocycles. The highest BCUT2D eigenvalue weighted by molar-refractivity contribution is 5.80. The summed E-state index contributed by atoms with van der Waals surface area (Å²) < 4.78 is 17.6. The third-order valence-electron chi connectivity index (χ3n) is 15.3. The van der Waals surface area contributed by atoms with Crippen molar-refractivity contribution in [1.82, 2.24) is 5.32 Å². The third-order valence-corrected chi connectivity index (χ3v) is 15.3. The lowest BCUT2D eigenvalue weighted by atomic mass is 9.99. The number of esters is 1. The van der Waals surface area contributed by atoms with Crippen LogP contribution in [0, 0.1) is 0 Å². The molecule has 0 aliphatic carbocycles. The molecule has 476 valence electrons. The number of hydrogen-bond donors (Lipinski definition) is 6. The van der Waals surface area contributed by atoms with Crippen molar-refractivity contribution in [2.75, 3.05) is 13.2 Å². The molecular formula is C72H123NO10. The van der Waals surface area contributed by atoms with E-state index < -0.39 is 67.4 Å². The maximum atomic E-state index is 13.5. The third kappa shape index (κ3) is 46.2. The molecule has 1 rings (SSSR count). The predicted molar refractivity (Wildman–Crippen MR) is 347 cm³/mol. The predicted octanol–water partition coefficient (Wildman–Crippen LogP) is 16.8. The van der Waals surface area contributed by atoms with Gasteiger partial charge < -0.3 is 45.1 Å². The lowest BCUT2D eigenvalue weighted by Crippen LogP contribution is -2.61. The minimum atomic E-state index is -1.64. The Morgan fingerprint density at radius 2 is 0.916 bits per heavy atom. The number of aliphatic hydroxyl groups is 5. The van der Waals surface area contributed by atoms with E-state index in [1.54, 1.807) is 6.08 Å². The van der Waals surface area contributed by atoms with Crippen molar-refractivity contribution < 1.29 is 49.3 Å². The van der Waals surface area contributed by atoms with Crippen molar-refractivity contribution in [2.24, 2.45) is 0 Å². The summed E-state index contributed by atoms with van der Waals surface area (Å²) in [4.78, 5) is 26.6. The molecule has 0 aromatic carbocycles. The summed E-state index contributed by atoms with van der Waals surface area (Å²) in [6.45, 7) is 5.61. The Kier molecular flexibility index (Phi) is 54.7. The Balaban J connectivity index is 2.64. The Hall–Kier alpha value is -3.68. The standard InChI is InChI=1S/C72H123NO10/c1-4-7-10-13-16-19-22-25-27-29-30-31-32-33-34-35-37-38-41-44-47-50-53-56-59-65(76)71(80)73-63(64(75)58-55-52-49-46-43-40-24-21-18-15-12-9-6-3)62-81-72-70(69(79)68(78)66(61-74)82-72)83-67(77)60-57-54-51-48-45-42-39-36-28-26-23-20-17-14-11-8-5-2/h8,11,14,16-17,19-20,23,25-28,36,39,42,45,55,58,63-66,68-70,72,74-76,78-79H,4-7,9-10,12-13,15,18,21-22,24,29-35,37-38,40-41,43-44,46-54,56-57,59-62H2,1-3H3,(H,73,80)/b11-8-,17-14+,19-16-,23-20+,27-25-,28-26-,39-36+,45-42+,58-55+. The first-order chi connectivity index (χ1) is 40.7. The lowest BCUT2D eigenvalue weighted by molar-refractivity contribution is -0.305. The van der Waals surface area contributed by atoms with Gasteiger partial charge in [-0.25, -0.2) is 0 Å². The zero-order chi connectivity index (χ0) is 60.3. The first-order valence-corrected chi connectivity index (χ1v) is 33.7. The van der Waals surface area contributed by atoms with Gasteiger partial charge in [0.05, 0.1) is 25.4 Å². The van der Waals surface area contributed by atoms with Gasteiger partial charge in [-0.2, -0.15) is 0 Å².